The van der Waals surface area contributed by atoms with Crippen molar-refractivity contribution in [3.05, 3.63) is 97.6 Å². The number of aromatic amines is 4. The van der Waals surface area contributed by atoms with Crippen LogP contribution < -0.4 is 82.6 Å². The van der Waals surface area contributed by atoms with E-state index >= 15 is 0 Å². The molecule has 0 aliphatic carbocycles. The molecule has 0 fully saturated rings. The van der Waals surface area contributed by atoms with E-state index in [2.05, 4.69) is 68.5 Å². The standard InChI is InChI=1S/2C12H8N2.2Cl2I.2ClH/c2*1-3-9-5-6-10-4-2-8-14-12(10)11(9)13-7-1;2*1-3-2;;/h2*1-8H;;;2*1H/q;;2*-1;;/p+2. The van der Waals surface area contributed by atoms with Gasteiger partial charge in [0.25, 0.3) is 22.1 Å². The molecule has 4 N–H and O–H groups in total. The van der Waals surface area contributed by atoms with Crippen LogP contribution in [0.4, 0.5) is 0 Å². The van der Waals surface area contributed by atoms with Gasteiger partial charge in [0.05, 0.1) is 21.5 Å². The molecule has 192 valence electrons. The van der Waals surface area contributed by atoms with Crippen molar-refractivity contribution in [1.29, 1.82) is 0 Å². The second kappa shape index (κ2) is 18.5. The average molecular weight is 831 g/mol. The number of hydrogen-bond donors (Lipinski definition) is 0. The van der Waals surface area contributed by atoms with Gasteiger partial charge in [-0.3, -0.25) is 0 Å². The van der Waals surface area contributed by atoms with Crippen LogP contribution in [0.15, 0.2) is 97.6 Å². The van der Waals surface area contributed by atoms with E-state index in [1.165, 1.54) is 21.5 Å². The van der Waals surface area contributed by atoms with E-state index < -0.39 is 37.9 Å². The topological polar surface area (TPSA) is 56.6 Å². The predicted octanol–water partition coefficient (Wildman–Crippen LogP) is -5.98. The van der Waals surface area contributed by atoms with E-state index in [9.17, 15) is 0 Å². The second-order valence-electron chi connectivity index (χ2n) is 6.78. The Morgan fingerprint density at radius 3 is 0.778 bits per heavy atom. The van der Waals surface area contributed by atoms with Crippen LogP contribution >= 0.6 is 35.6 Å². The van der Waals surface area contributed by atoms with Gasteiger partial charge in [0.1, 0.15) is 0 Å². The third-order valence-corrected chi connectivity index (χ3v) is 4.94. The summed E-state index contributed by atoms with van der Waals surface area (Å²) in [7, 11) is 19.5. The van der Waals surface area contributed by atoms with Crippen molar-refractivity contribution >= 4 is 79.2 Å². The molecule has 36 heavy (non-hydrogen) atoms. The van der Waals surface area contributed by atoms with Crippen molar-refractivity contribution in [2.75, 3.05) is 0 Å². The van der Waals surface area contributed by atoms with Gasteiger partial charge in [0.15, 0.2) is 24.8 Å². The van der Waals surface area contributed by atoms with Crippen LogP contribution in [0.5, 0.6) is 0 Å². The largest absolute Gasteiger partial charge is 1.00 e. The zero-order chi connectivity index (χ0) is 24.2. The fourth-order valence-corrected chi connectivity index (χ4v) is 3.58. The molecule has 6 rings (SSSR count). The molecule has 6 aromatic rings. The third kappa shape index (κ3) is 9.23. The van der Waals surface area contributed by atoms with Gasteiger partial charge in [-0.15, -0.1) is 0 Å². The van der Waals surface area contributed by atoms with Gasteiger partial charge in [0.2, 0.25) is 0 Å². The van der Waals surface area contributed by atoms with Crippen molar-refractivity contribution in [3.8, 4) is 0 Å². The number of pyridine rings is 4. The Kier molecular flexibility index (Phi) is 17.1. The van der Waals surface area contributed by atoms with Crippen LogP contribution in [0.2, 0.25) is 0 Å². The molecule has 4 nitrogen and oxygen atoms in total. The molecule has 0 spiro atoms. The maximum Gasteiger partial charge on any atom is 0.283 e. The first kappa shape index (κ1) is 33.3. The number of hydrogen-bond acceptors (Lipinski definition) is 0. The zero-order valence-electron chi connectivity index (χ0n) is 18.3. The van der Waals surface area contributed by atoms with E-state index in [-0.39, 0.29) is 24.8 Å². The van der Waals surface area contributed by atoms with Gasteiger partial charge in [0, 0.05) is 24.3 Å². The van der Waals surface area contributed by atoms with E-state index in [0.717, 1.165) is 22.1 Å². The summed E-state index contributed by atoms with van der Waals surface area (Å²) in [5, 5.41) is 4.90. The molecular weight excluding hydrogens is 811 g/mol. The smallest absolute Gasteiger partial charge is 0.283 e. The van der Waals surface area contributed by atoms with E-state index in [4.69, 9.17) is 35.6 Å². The van der Waals surface area contributed by atoms with Gasteiger partial charge in [-0.2, -0.15) is 0 Å². The van der Waals surface area contributed by atoms with Crippen molar-refractivity contribution in [1.82, 2.24) is 0 Å². The first-order chi connectivity index (χ1) is 16.7. The summed E-state index contributed by atoms with van der Waals surface area (Å²) in [6.45, 7) is 0. The molecule has 0 aliphatic rings. The Morgan fingerprint density at radius 1 is 0.389 bits per heavy atom. The zero-order valence-corrected chi connectivity index (χ0v) is 27.1. The summed E-state index contributed by atoms with van der Waals surface area (Å²) in [5.74, 6) is 0. The van der Waals surface area contributed by atoms with Crippen molar-refractivity contribution < 1.29 is 82.6 Å². The number of benzene rings is 2. The number of halogens is 8. The molecular formula is C24H20Cl6I2N4. The minimum Gasteiger partial charge on any atom is -1.00 e. The molecule has 0 radical (unpaired) electrons. The summed E-state index contributed by atoms with van der Waals surface area (Å²) >= 11 is -0.931. The van der Waals surface area contributed by atoms with Gasteiger partial charge >= 0.3 is 73.5 Å². The molecule has 4 aromatic heterocycles. The third-order valence-electron chi connectivity index (χ3n) is 4.94. The van der Waals surface area contributed by atoms with E-state index in [1.54, 1.807) is 0 Å². The fraction of sp³-hybridized carbons (Fsp3) is 0. The van der Waals surface area contributed by atoms with Crippen molar-refractivity contribution in [2.45, 2.75) is 0 Å². The number of nitrogens with one attached hydrogen (secondary N) is 4. The number of fused-ring (bicyclic) bond motifs is 6. The number of H-pyrrole nitrogens is 4. The summed E-state index contributed by atoms with van der Waals surface area (Å²) in [6.07, 6.45) is 7.79. The Labute approximate surface area is 256 Å². The number of aromatic nitrogens is 4. The van der Waals surface area contributed by atoms with E-state index in [0.29, 0.717) is 0 Å². The van der Waals surface area contributed by atoms with Crippen LogP contribution in [0.1, 0.15) is 0 Å². The first-order valence-electron chi connectivity index (χ1n) is 9.87. The maximum absolute atomic E-state index is 4.87. The average Bonchev–Trinajstić information content (AvgIpc) is 2.90. The van der Waals surface area contributed by atoms with Gasteiger partial charge < -0.3 is 24.8 Å². The SMILES string of the molecule is Cl[I-]Cl.Cl[I-]Cl.[Cl-].[Cl-].c1c[nH+]c2c(c1)ccc1ccc[nH+]c12.c1c[nH+]c2c(c1)ccc1ccc[nH+]c12. The summed E-state index contributed by atoms with van der Waals surface area (Å²) in [4.78, 5) is 13.1. The van der Waals surface area contributed by atoms with Crippen molar-refractivity contribution in [3.63, 3.8) is 0 Å². The Balaban J connectivity index is 0.000000284. The molecule has 0 saturated carbocycles. The molecule has 0 bridgehead atoms. The molecule has 4 heterocycles. The fourth-order valence-electron chi connectivity index (χ4n) is 3.58. The van der Waals surface area contributed by atoms with Crippen LogP contribution in [0.3, 0.4) is 0 Å². The molecule has 2 aromatic carbocycles. The Morgan fingerprint density at radius 2 is 0.583 bits per heavy atom. The summed E-state index contributed by atoms with van der Waals surface area (Å²) in [6, 6.07) is 25.0. The van der Waals surface area contributed by atoms with E-state index in [1.807, 2.05) is 49.1 Å². The monoisotopic (exact) mass is 828 g/mol. The number of rotatable bonds is 0. The van der Waals surface area contributed by atoms with Gasteiger partial charge in [-0.1, -0.05) is 0 Å². The van der Waals surface area contributed by atoms with Gasteiger partial charge in [-0.05, 0) is 48.5 Å². The summed E-state index contributed by atoms with van der Waals surface area (Å²) in [5.41, 5.74) is 4.63. The minimum absolute atomic E-state index is 0. The first-order valence-corrected chi connectivity index (χ1v) is 20.8. The minimum atomic E-state index is -0.466. The molecule has 0 unspecified atom stereocenters. The molecule has 0 amide bonds. The normalized spacial score (nSPS) is 9.67. The molecule has 0 aliphatic heterocycles. The summed E-state index contributed by atoms with van der Waals surface area (Å²) < 4.78 is 0. The quantitative estimate of drug-likeness (QED) is 0.108. The van der Waals surface area contributed by atoms with Gasteiger partial charge in [-0.25, -0.2) is 19.9 Å². The molecule has 0 saturated heterocycles. The van der Waals surface area contributed by atoms with Crippen LogP contribution in [0, 0.1) is 0 Å². The second-order valence-corrected chi connectivity index (χ2v) is 13.2. The van der Waals surface area contributed by atoms with Crippen LogP contribution in [0.25, 0.3) is 43.6 Å². The molecule has 12 heteroatoms. The predicted molar refractivity (Wildman–Crippen MR) is 133 cm³/mol. The Bertz CT molecular complexity index is 1270. The van der Waals surface area contributed by atoms with Crippen molar-refractivity contribution in [2.24, 2.45) is 0 Å². The Hall–Kier alpha value is -0.720. The maximum atomic E-state index is 4.87. The van der Waals surface area contributed by atoms with Crippen LogP contribution in [-0.2, 0) is 0 Å². The van der Waals surface area contributed by atoms with Crippen LogP contribution in [-0.4, -0.2) is 0 Å². The molecule has 0 atom stereocenters.